The summed E-state index contributed by atoms with van der Waals surface area (Å²) in [5.74, 6) is 0.949. The van der Waals surface area contributed by atoms with Gasteiger partial charge in [0.15, 0.2) is 0 Å². The molecule has 1 aromatic carbocycles. The second-order valence-electron chi connectivity index (χ2n) is 4.62. The maximum absolute atomic E-state index is 11.7. The van der Waals surface area contributed by atoms with Gasteiger partial charge in [0.25, 0.3) is 0 Å². The van der Waals surface area contributed by atoms with Crippen LogP contribution in [0.4, 0.5) is 0 Å². The summed E-state index contributed by atoms with van der Waals surface area (Å²) in [5, 5.41) is 6.27. The molecule has 1 atom stereocenters. The zero-order valence-electron chi connectivity index (χ0n) is 10.7. The summed E-state index contributed by atoms with van der Waals surface area (Å²) in [7, 11) is 1.64. The van der Waals surface area contributed by atoms with Crippen LogP contribution in [-0.4, -0.2) is 25.6 Å². The Morgan fingerprint density at radius 1 is 1.44 bits per heavy atom. The second kappa shape index (κ2) is 6.40. The van der Waals surface area contributed by atoms with E-state index in [1.54, 1.807) is 7.11 Å². The molecule has 1 unspecified atom stereocenters. The Morgan fingerprint density at radius 3 is 2.83 bits per heavy atom. The minimum absolute atomic E-state index is 0.116. The van der Waals surface area contributed by atoms with Crippen LogP contribution in [0.1, 0.15) is 24.8 Å². The predicted molar refractivity (Wildman–Crippen MR) is 70.5 cm³/mol. The van der Waals surface area contributed by atoms with Crippen LogP contribution in [0.25, 0.3) is 0 Å². The molecule has 1 fully saturated rings. The molecule has 2 N–H and O–H groups in total. The second-order valence-corrected chi connectivity index (χ2v) is 4.62. The van der Waals surface area contributed by atoms with Gasteiger partial charge in [-0.15, -0.1) is 0 Å². The largest absolute Gasteiger partial charge is 0.497 e. The highest BCUT2D eigenvalue weighted by Crippen LogP contribution is 2.11. The number of nitrogens with one attached hydrogen (secondary N) is 2. The molecule has 18 heavy (non-hydrogen) atoms. The van der Waals surface area contributed by atoms with E-state index in [2.05, 4.69) is 10.6 Å². The van der Waals surface area contributed by atoms with Gasteiger partial charge in [-0.05, 0) is 37.1 Å². The Labute approximate surface area is 108 Å². The molecule has 0 aliphatic carbocycles. The maximum Gasteiger partial charge on any atom is 0.221 e. The van der Waals surface area contributed by atoms with E-state index in [1.807, 2.05) is 24.3 Å². The predicted octanol–water partition coefficient (Wildman–Crippen LogP) is 1.45. The van der Waals surface area contributed by atoms with Crippen LogP contribution in [0.2, 0.25) is 0 Å². The number of methoxy groups -OCH3 is 1. The average Bonchev–Trinajstić information content (AvgIpc) is 2.90. The van der Waals surface area contributed by atoms with Gasteiger partial charge < -0.3 is 15.4 Å². The Morgan fingerprint density at radius 2 is 2.22 bits per heavy atom. The smallest absolute Gasteiger partial charge is 0.221 e. The minimum atomic E-state index is 0.116. The molecule has 1 saturated heterocycles. The van der Waals surface area contributed by atoms with Gasteiger partial charge in [0.05, 0.1) is 7.11 Å². The first-order valence-electron chi connectivity index (χ1n) is 6.41. The molecule has 1 aliphatic heterocycles. The monoisotopic (exact) mass is 248 g/mol. The van der Waals surface area contributed by atoms with Gasteiger partial charge in [0, 0.05) is 19.0 Å². The van der Waals surface area contributed by atoms with Crippen molar-refractivity contribution in [3.63, 3.8) is 0 Å². The first-order chi connectivity index (χ1) is 8.78. The van der Waals surface area contributed by atoms with Gasteiger partial charge in [-0.2, -0.15) is 0 Å². The van der Waals surface area contributed by atoms with Gasteiger partial charge in [-0.1, -0.05) is 12.1 Å². The standard InChI is InChI=1S/C14H20N2O2/c1-18-13-6-4-11(5-7-13)10-16-14(17)9-12-3-2-8-15-12/h4-7,12,15H,2-3,8-10H2,1H3,(H,16,17). The number of carbonyl (C=O) groups is 1. The molecule has 4 nitrogen and oxygen atoms in total. The van der Waals surface area contributed by atoms with E-state index >= 15 is 0 Å². The summed E-state index contributed by atoms with van der Waals surface area (Å²) in [6.07, 6.45) is 2.86. The van der Waals surface area contributed by atoms with Crippen molar-refractivity contribution in [1.29, 1.82) is 0 Å². The fourth-order valence-corrected chi connectivity index (χ4v) is 2.17. The Hall–Kier alpha value is -1.55. The van der Waals surface area contributed by atoms with Crippen LogP contribution in [0.15, 0.2) is 24.3 Å². The highest BCUT2D eigenvalue weighted by molar-refractivity contribution is 5.76. The quantitative estimate of drug-likeness (QED) is 0.829. The lowest BCUT2D eigenvalue weighted by molar-refractivity contribution is -0.121. The molecule has 0 bridgehead atoms. The Balaban J connectivity index is 1.74. The lowest BCUT2D eigenvalue weighted by Gasteiger charge is -2.10. The maximum atomic E-state index is 11.7. The normalized spacial score (nSPS) is 18.6. The van der Waals surface area contributed by atoms with Crippen molar-refractivity contribution in [3.8, 4) is 5.75 Å². The van der Waals surface area contributed by atoms with Crippen molar-refractivity contribution in [3.05, 3.63) is 29.8 Å². The van der Waals surface area contributed by atoms with Crippen molar-refractivity contribution >= 4 is 5.91 Å². The number of hydrogen-bond acceptors (Lipinski definition) is 3. The number of carbonyl (C=O) groups excluding carboxylic acids is 1. The SMILES string of the molecule is COc1ccc(CNC(=O)CC2CCCN2)cc1. The third kappa shape index (κ3) is 3.74. The van der Waals surface area contributed by atoms with Crippen LogP contribution in [0.3, 0.4) is 0 Å². The minimum Gasteiger partial charge on any atom is -0.497 e. The summed E-state index contributed by atoms with van der Waals surface area (Å²) in [5.41, 5.74) is 1.09. The molecular weight excluding hydrogens is 228 g/mol. The summed E-state index contributed by atoms with van der Waals surface area (Å²) < 4.78 is 5.09. The molecule has 1 heterocycles. The summed E-state index contributed by atoms with van der Waals surface area (Å²) in [4.78, 5) is 11.7. The zero-order valence-corrected chi connectivity index (χ0v) is 10.7. The molecule has 4 heteroatoms. The fourth-order valence-electron chi connectivity index (χ4n) is 2.17. The van der Waals surface area contributed by atoms with Crippen LogP contribution in [0, 0.1) is 0 Å². The van der Waals surface area contributed by atoms with Gasteiger partial charge in [0.2, 0.25) is 5.91 Å². The van der Waals surface area contributed by atoms with Crippen LogP contribution < -0.4 is 15.4 Å². The van der Waals surface area contributed by atoms with E-state index in [9.17, 15) is 4.79 Å². The molecule has 0 spiro atoms. The van der Waals surface area contributed by atoms with Crippen molar-refractivity contribution in [1.82, 2.24) is 10.6 Å². The summed E-state index contributed by atoms with van der Waals surface area (Å²) in [6.45, 7) is 1.62. The topological polar surface area (TPSA) is 50.4 Å². The zero-order chi connectivity index (χ0) is 12.8. The van der Waals surface area contributed by atoms with Crippen LogP contribution >= 0.6 is 0 Å². The number of benzene rings is 1. The molecule has 0 aromatic heterocycles. The van der Waals surface area contributed by atoms with Crippen LogP contribution in [-0.2, 0) is 11.3 Å². The van der Waals surface area contributed by atoms with Crippen molar-refractivity contribution < 1.29 is 9.53 Å². The fraction of sp³-hybridized carbons (Fsp3) is 0.500. The molecule has 1 aromatic rings. The summed E-state index contributed by atoms with van der Waals surface area (Å²) >= 11 is 0. The van der Waals surface area contributed by atoms with Crippen molar-refractivity contribution in [2.24, 2.45) is 0 Å². The average molecular weight is 248 g/mol. The van der Waals surface area contributed by atoms with E-state index in [0.29, 0.717) is 19.0 Å². The highest BCUT2D eigenvalue weighted by Gasteiger charge is 2.17. The third-order valence-electron chi connectivity index (χ3n) is 3.24. The number of amides is 1. The molecule has 1 aliphatic rings. The Bertz CT molecular complexity index is 383. The van der Waals surface area contributed by atoms with E-state index in [-0.39, 0.29) is 5.91 Å². The lowest BCUT2D eigenvalue weighted by Crippen LogP contribution is -2.31. The number of hydrogen-bond donors (Lipinski definition) is 2. The number of rotatable bonds is 5. The van der Waals surface area contributed by atoms with Gasteiger partial charge in [0.1, 0.15) is 5.75 Å². The van der Waals surface area contributed by atoms with E-state index in [0.717, 1.165) is 24.3 Å². The number of ether oxygens (including phenoxy) is 1. The molecular formula is C14H20N2O2. The molecule has 98 valence electrons. The molecule has 1 amide bonds. The third-order valence-corrected chi connectivity index (χ3v) is 3.24. The summed E-state index contributed by atoms with van der Waals surface area (Å²) in [6, 6.07) is 8.10. The first-order valence-corrected chi connectivity index (χ1v) is 6.41. The van der Waals surface area contributed by atoms with E-state index < -0.39 is 0 Å². The molecule has 0 radical (unpaired) electrons. The lowest BCUT2D eigenvalue weighted by atomic mass is 10.1. The van der Waals surface area contributed by atoms with Crippen molar-refractivity contribution in [2.45, 2.75) is 31.8 Å². The van der Waals surface area contributed by atoms with E-state index in [4.69, 9.17) is 4.74 Å². The van der Waals surface area contributed by atoms with Gasteiger partial charge in [-0.3, -0.25) is 4.79 Å². The first kappa shape index (κ1) is 12.9. The van der Waals surface area contributed by atoms with Gasteiger partial charge >= 0.3 is 0 Å². The molecule has 0 saturated carbocycles. The van der Waals surface area contributed by atoms with Crippen LogP contribution in [0.5, 0.6) is 5.75 Å². The van der Waals surface area contributed by atoms with Crippen molar-refractivity contribution in [2.75, 3.05) is 13.7 Å². The van der Waals surface area contributed by atoms with Gasteiger partial charge in [-0.25, -0.2) is 0 Å². The Kier molecular flexibility index (Phi) is 4.59. The molecule has 2 rings (SSSR count). The van der Waals surface area contributed by atoms with E-state index in [1.165, 1.54) is 6.42 Å². The highest BCUT2D eigenvalue weighted by atomic mass is 16.5.